The van der Waals surface area contributed by atoms with Gasteiger partial charge in [0.1, 0.15) is 0 Å². The van der Waals surface area contributed by atoms with Gasteiger partial charge in [0.05, 0.1) is 6.54 Å². The van der Waals surface area contributed by atoms with Gasteiger partial charge in [-0.3, -0.25) is 0 Å². The van der Waals surface area contributed by atoms with E-state index in [1.165, 1.54) is 0 Å². The Balaban J connectivity index is 2.69. The smallest absolute Gasteiger partial charge is 0.223 e. The minimum absolute atomic E-state index is 0.597. The number of aryl methyl sites for hydroxylation is 2. The first-order valence-corrected chi connectivity index (χ1v) is 4.18. The maximum atomic E-state index is 4.22. The van der Waals surface area contributed by atoms with E-state index in [-0.39, 0.29) is 0 Å². The summed E-state index contributed by atoms with van der Waals surface area (Å²) in [5, 5.41) is 3.03. The molecule has 0 amide bonds. The minimum atomic E-state index is 0.597. The minimum Gasteiger partial charge on any atom is -0.343 e. The van der Waals surface area contributed by atoms with Crippen molar-refractivity contribution in [2.75, 3.05) is 11.9 Å². The first-order valence-electron chi connectivity index (χ1n) is 4.18. The van der Waals surface area contributed by atoms with Gasteiger partial charge < -0.3 is 5.32 Å². The molecule has 0 fully saturated rings. The Labute approximate surface area is 78.6 Å². The highest BCUT2D eigenvalue weighted by Crippen LogP contribution is 2.02. The Morgan fingerprint density at radius 1 is 1.31 bits per heavy atom. The maximum absolute atomic E-state index is 4.22. The molecule has 3 heteroatoms. The third-order valence-corrected chi connectivity index (χ3v) is 1.49. The number of hydrogen-bond donors (Lipinski definition) is 1. The molecule has 1 N–H and O–H groups in total. The lowest BCUT2D eigenvalue weighted by atomic mass is 10.4. The SMILES string of the molecule is CC#CCNc1nc(C)cc(C)n1. The van der Waals surface area contributed by atoms with Crippen LogP contribution in [0.5, 0.6) is 0 Å². The van der Waals surface area contributed by atoms with Crippen LogP contribution in [0.25, 0.3) is 0 Å². The summed E-state index contributed by atoms with van der Waals surface area (Å²) in [6.07, 6.45) is 0. The van der Waals surface area contributed by atoms with Gasteiger partial charge in [0.15, 0.2) is 0 Å². The van der Waals surface area contributed by atoms with E-state index in [0.29, 0.717) is 12.5 Å². The van der Waals surface area contributed by atoms with E-state index in [1.807, 2.05) is 26.8 Å². The summed E-state index contributed by atoms with van der Waals surface area (Å²) in [5.74, 6) is 6.35. The van der Waals surface area contributed by atoms with Gasteiger partial charge in [-0.25, -0.2) is 9.97 Å². The predicted molar refractivity (Wildman–Crippen MR) is 53.4 cm³/mol. The summed E-state index contributed by atoms with van der Waals surface area (Å²) in [6.45, 7) is 6.31. The molecule has 0 saturated carbocycles. The lowest BCUT2D eigenvalue weighted by molar-refractivity contribution is 1.04. The lowest BCUT2D eigenvalue weighted by Gasteiger charge is -2.02. The Morgan fingerprint density at radius 3 is 2.46 bits per heavy atom. The van der Waals surface area contributed by atoms with Gasteiger partial charge in [-0.15, -0.1) is 5.92 Å². The van der Waals surface area contributed by atoms with Crippen molar-refractivity contribution in [3.8, 4) is 11.8 Å². The van der Waals surface area contributed by atoms with Gasteiger partial charge in [-0.1, -0.05) is 5.92 Å². The zero-order chi connectivity index (χ0) is 9.68. The first kappa shape index (κ1) is 9.53. The van der Waals surface area contributed by atoms with Crippen LogP contribution in [0.4, 0.5) is 5.95 Å². The fourth-order valence-corrected chi connectivity index (χ4v) is 1.02. The average molecular weight is 175 g/mol. The predicted octanol–water partition coefficient (Wildman–Crippen LogP) is 1.53. The summed E-state index contributed by atoms with van der Waals surface area (Å²) in [5.41, 5.74) is 1.94. The van der Waals surface area contributed by atoms with Gasteiger partial charge in [-0.05, 0) is 26.8 Å². The van der Waals surface area contributed by atoms with Crippen LogP contribution in [-0.2, 0) is 0 Å². The molecule has 0 unspecified atom stereocenters. The largest absolute Gasteiger partial charge is 0.343 e. The molecule has 0 spiro atoms. The van der Waals surface area contributed by atoms with Crippen molar-refractivity contribution in [3.63, 3.8) is 0 Å². The topological polar surface area (TPSA) is 37.8 Å². The van der Waals surface area contributed by atoms with Gasteiger partial charge in [0.25, 0.3) is 0 Å². The van der Waals surface area contributed by atoms with E-state index < -0.39 is 0 Å². The zero-order valence-electron chi connectivity index (χ0n) is 8.18. The van der Waals surface area contributed by atoms with E-state index in [0.717, 1.165) is 11.4 Å². The second kappa shape index (κ2) is 4.46. The molecule has 1 heterocycles. The average Bonchev–Trinajstić information content (AvgIpc) is 2.03. The molecule has 1 aromatic rings. The summed E-state index contributed by atoms with van der Waals surface area (Å²) in [7, 11) is 0. The van der Waals surface area contributed by atoms with E-state index in [2.05, 4.69) is 27.1 Å². The van der Waals surface area contributed by atoms with Crippen LogP contribution in [0.15, 0.2) is 6.07 Å². The van der Waals surface area contributed by atoms with Crippen LogP contribution in [0.2, 0.25) is 0 Å². The van der Waals surface area contributed by atoms with Crippen molar-refractivity contribution in [1.29, 1.82) is 0 Å². The normalized spacial score (nSPS) is 8.85. The third-order valence-electron chi connectivity index (χ3n) is 1.49. The highest BCUT2D eigenvalue weighted by molar-refractivity contribution is 5.29. The van der Waals surface area contributed by atoms with E-state index in [4.69, 9.17) is 0 Å². The highest BCUT2D eigenvalue weighted by atomic mass is 15.1. The molecule has 0 aliphatic heterocycles. The molecule has 0 aliphatic rings. The van der Waals surface area contributed by atoms with E-state index in [1.54, 1.807) is 0 Å². The number of aromatic nitrogens is 2. The highest BCUT2D eigenvalue weighted by Gasteiger charge is 1.96. The number of rotatable bonds is 2. The van der Waals surface area contributed by atoms with Crippen molar-refractivity contribution in [2.45, 2.75) is 20.8 Å². The fourth-order valence-electron chi connectivity index (χ4n) is 1.02. The second-order valence-corrected chi connectivity index (χ2v) is 2.75. The molecule has 0 aromatic carbocycles. The first-order chi connectivity index (χ1) is 6.22. The van der Waals surface area contributed by atoms with E-state index in [9.17, 15) is 0 Å². The Morgan fingerprint density at radius 2 is 1.92 bits per heavy atom. The number of nitrogens with zero attached hydrogens (tertiary/aromatic N) is 2. The van der Waals surface area contributed by atoms with Crippen LogP contribution >= 0.6 is 0 Å². The van der Waals surface area contributed by atoms with Gasteiger partial charge in [-0.2, -0.15) is 0 Å². The Hall–Kier alpha value is -1.56. The van der Waals surface area contributed by atoms with Crippen LogP contribution in [0.3, 0.4) is 0 Å². The molecule has 68 valence electrons. The van der Waals surface area contributed by atoms with Gasteiger partial charge in [0, 0.05) is 11.4 Å². The van der Waals surface area contributed by atoms with Crippen molar-refractivity contribution in [3.05, 3.63) is 17.5 Å². The third kappa shape index (κ3) is 3.12. The number of hydrogen-bond acceptors (Lipinski definition) is 3. The van der Waals surface area contributed by atoms with Gasteiger partial charge >= 0.3 is 0 Å². The fraction of sp³-hybridized carbons (Fsp3) is 0.400. The Bertz CT molecular complexity index is 327. The summed E-state index contributed by atoms with van der Waals surface area (Å²) in [4.78, 5) is 8.43. The van der Waals surface area contributed by atoms with Crippen molar-refractivity contribution in [1.82, 2.24) is 9.97 Å². The molecule has 3 nitrogen and oxygen atoms in total. The summed E-state index contributed by atoms with van der Waals surface area (Å²) in [6, 6.07) is 1.94. The lowest BCUT2D eigenvalue weighted by Crippen LogP contribution is -2.05. The molecule has 0 bridgehead atoms. The van der Waals surface area contributed by atoms with Crippen LogP contribution in [-0.4, -0.2) is 16.5 Å². The van der Waals surface area contributed by atoms with E-state index >= 15 is 0 Å². The maximum Gasteiger partial charge on any atom is 0.223 e. The molecule has 0 atom stereocenters. The monoisotopic (exact) mass is 175 g/mol. The van der Waals surface area contributed by atoms with Crippen molar-refractivity contribution < 1.29 is 0 Å². The van der Waals surface area contributed by atoms with Gasteiger partial charge in [0.2, 0.25) is 5.95 Å². The molecule has 1 aromatic heterocycles. The molecule has 0 aliphatic carbocycles. The molecule has 13 heavy (non-hydrogen) atoms. The summed E-state index contributed by atoms with van der Waals surface area (Å²) < 4.78 is 0. The van der Waals surface area contributed by atoms with Crippen LogP contribution in [0.1, 0.15) is 18.3 Å². The Kier molecular flexibility index (Phi) is 3.27. The summed E-state index contributed by atoms with van der Waals surface area (Å²) >= 11 is 0. The number of nitrogens with one attached hydrogen (secondary N) is 1. The standard InChI is InChI=1S/C10H13N3/c1-4-5-6-11-10-12-8(2)7-9(3)13-10/h7H,6H2,1-3H3,(H,11,12,13). The molecule has 0 saturated heterocycles. The second-order valence-electron chi connectivity index (χ2n) is 2.75. The molecule has 0 radical (unpaired) electrons. The van der Waals surface area contributed by atoms with Crippen molar-refractivity contribution in [2.24, 2.45) is 0 Å². The molecule has 1 rings (SSSR count). The zero-order valence-corrected chi connectivity index (χ0v) is 8.18. The number of anilines is 1. The van der Waals surface area contributed by atoms with Crippen LogP contribution < -0.4 is 5.32 Å². The molecular formula is C10H13N3. The molecular weight excluding hydrogens is 162 g/mol. The van der Waals surface area contributed by atoms with Crippen LogP contribution in [0, 0.1) is 25.7 Å². The van der Waals surface area contributed by atoms with Crippen molar-refractivity contribution >= 4 is 5.95 Å². The quantitative estimate of drug-likeness (QED) is 0.693.